The van der Waals surface area contributed by atoms with Gasteiger partial charge in [0, 0.05) is 20.1 Å². The van der Waals surface area contributed by atoms with E-state index >= 15 is 0 Å². The number of allylic oxidation sites excluding steroid dienone is 3. The molecule has 0 aliphatic heterocycles. The molecule has 0 aliphatic carbocycles. The first kappa shape index (κ1) is 25.4. The number of rotatable bonds is 3. The monoisotopic (exact) mass is 466 g/mol. The molecule has 0 saturated carbocycles. The maximum atomic E-state index is 3.60. The van der Waals surface area contributed by atoms with Gasteiger partial charge in [0.1, 0.15) is 0 Å². The average Bonchev–Trinajstić information content (AvgIpc) is 2.60. The molecule has 2 radical (unpaired) electrons. The molecule has 0 unspecified atom stereocenters. The first-order valence-electron chi connectivity index (χ1n) is 7.42. The summed E-state index contributed by atoms with van der Waals surface area (Å²) >= 11 is 0. The van der Waals surface area contributed by atoms with Gasteiger partial charge in [-0.05, 0) is 13.3 Å². The molecular formula is C20H33Ir-2. The molecule has 1 rings (SSSR count). The summed E-state index contributed by atoms with van der Waals surface area (Å²) in [6.07, 6.45) is 8.81. The van der Waals surface area contributed by atoms with Crippen molar-refractivity contribution < 1.29 is 20.1 Å². The average molecular weight is 466 g/mol. The van der Waals surface area contributed by atoms with Gasteiger partial charge < -0.3 is 6.92 Å². The van der Waals surface area contributed by atoms with E-state index in [2.05, 4.69) is 62.0 Å². The first-order chi connectivity index (χ1) is 9.38. The third-order valence-electron chi connectivity index (χ3n) is 3.62. The minimum atomic E-state index is 0. The Morgan fingerprint density at radius 3 is 1.57 bits per heavy atom. The maximum Gasteiger partial charge on any atom is 0 e. The van der Waals surface area contributed by atoms with Gasteiger partial charge in [-0.1, -0.05) is 66.2 Å². The van der Waals surface area contributed by atoms with Crippen molar-refractivity contribution in [3.8, 4) is 0 Å². The quantitative estimate of drug-likeness (QED) is 0.352. The fraction of sp³-hybridized carbons (Fsp3) is 0.450. The van der Waals surface area contributed by atoms with Gasteiger partial charge in [0.15, 0.2) is 0 Å². The zero-order chi connectivity index (χ0) is 16.1. The maximum absolute atomic E-state index is 3.60. The van der Waals surface area contributed by atoms with Crippen LogP contribution in [0.2, 0.25) is 0 Å². The van der Waals surface area contributed by atoms with Crippen molar-refractivity contribution >= 4 is 0 Å². The van der Waals surface area contributed by atoms with Crippen LogP contribution in [0.25, 0.3) is 0 Å². The number of hydrogen-bond donors (Lipinski definition) is 0. The summed E-state index contributed by atoms with van der Waals surface area (Å²) in [5.74, 6) is 0. The smallest absolute Gasteiger partial charge is 0 e. The summed E-state index contributed by atoms with van der Waals surface area (Å²) in [5, 5.41) is 0. The van der Waals surface area contributed by atoms with Crippen molar-refractivity contribution in [2.24, 2.45) is 0 Å². The number of hydrogen-bond acceptors (Lipinski definition) is 0. The summed E-state index contributed by atoms with van der Waals surface area (Å²) in [6.45, 7) is 23.7. The molecule has 0 amide bonds. The molecular weight excluding hydrogens is 432 g/mol. The molecule has 0 aliphatic rings. The van der Waals surface area contributed by atoms with Gasteiger partial charge in [0.2, 0.25) is 0 Å². The van der Waals surface area contributed by atoms with Crippen LogP contribution in [-0.2, 0) is 20.1 Å². The minimum Gasteiger partial charge on any atom is -0.343 e. The van der Waals surface area contributed by atoms with Crippen LogP contribution < -0.4 is 0 Å². The van der Waals surface area contributed by atoms with Gasteiger partial charge in [-0.3, -0.25) is 0 Å². The molecule has 1 aromatic carbocycles. The molecule has 0 heterocycles. The van der Waals surface area contributed by atoms with Crippen molar-refractivity contribution in [1.82, 2.24) is 0 Å². The van der Waals surface area contributed by atoms with Crippen molar-refractivity contribution in [1.29, 1.82) is 0 Å². The Morgan fingerprint density at radius 2 is 1.52 bits per heavy atom. The third-order valence-corrected chi connectivity index (χ3v) is 3.62. The molecule has 0 nitrogen and oxygen atoms in total. The Labute approximate surface area is 147 Å². The Morgan fingerprint density at radius 1 is 1.10 bits per heavy atom. The topological polar surface area (TPSA) is 0 Å². The zero-order valence-electron chi connectivity index (χ0n) is 14.8. The Bertz CT molecular complexity index is 314. The molecule has 1 aromatic rings. The van der Waals surface area contributed by atoms with Crippen LogP contribution in [0.3, 0.4) is 0 Å². The van der Waals surface area contributed by atoms with Gasteiger partial charge in [-0.15, -0.1) is 6.58 Å². The molecule has 0 N–H and O–H groups in total. The first-order valence-corrected chi connectivity index (χ1v) is 7.42. The standard InChI is InChI=1S/C10H15.2C5H9.Ir/c1-6-7(2)9(4)10(5)8(6)3;2*1-3-5-4-2;/h1-5H3;3,5H,1,4H2,2H3;3H,1-2,4-5H2;/q-1;;-1;/b;5-3+;;. The van der Waals surface area contributed by atoms with Gasteiger partial charge in [-0.2, -0.15) is 34.2 Å². The molecule has 0 bridgehead atoms. The summed E-state index contributed by atoms with van der Waals surface area (Å²) in [5.41, 5.74) is 7.34. The Kier molecular flexibility index (Phi) is 19.2. The van der Waals surface area contributed by atoms with E-state index in [4.69, 9.17) is 0 Å². The van der Waals surface area contributed by atoms with Gasteiger partial charge >= 0.3 is 0 Å². The molecule has 21 heavy (non-hydrogen) atoms. The molecule has 124 valence electrons. The third kappa shape index (κ3) is 10.8. The van der Waals surface area contributed by atoms with Crippen LogP contribution in [0.5, 0.6) is 0 Å². The molecule has 0 aromatic heterocycles. The van der Waals surface area contributed by atoms with E-state index in [1.807, 2.05) is 12.2 Å². The van der Waals surface area contributed by atoms with Crippen LogP contribution in [0.15, 0.2) is 24.8 Å². The summed E-state index contributed by atoms with van der Waals surface area (Å²) in [4.78, 5) is 0. The van der Waals surface area contributed by atoms with Crippen LogP contribution in [0.1, 0.15) is 54.0 Å². The fourth-order valence-electron chi connectivity index (χ4n) is 1.72. The zero-order valence-corrected chi connectivity index (χ0v) is 17.2. The normalized spacial score (nSPS) is 9.14. The summed E-state index contributed by atoms with van der Waals surface area (Å²) in [7, 11) is 0. The van der Waals surface area contributed by atoms with Crippen molar-refractivity contribution in [2.45, 2.75) is 60.8 Å². The summed E-state index contributed by atoms with van der Waals surface area (Å²) < 4.78 is 0. The van der Waals surface area contributed by atoms with E-state index in [0.717, 1.165) is 19.3 Å². The van der Waals surface area contributed by atoms with Crippen LogP contribution in [-0.4, -0.2) is 0 Å². The molecule has 0 saturated heterocycles. The molecule has 0 atom stereocenters. The van der Waals surface area contributed by atoms with Crippen LogP contribution in [0, 0.1) is 48.5 Å². The minimum absolute atomic E-state index is 0. The fourth-order valence-corrected chi connectivity index (χ4v) is 1.72. The summed E-state index contributed by atoms with van der Waals surface area (Å²) in [6, 6.07) is 0. The molecule has 0 fully saturated rings. The largest absolute Gasteiger partial charge is 0.343 e. The molecule has 1 heteroatoms. The van der Waals surface area contributed by atoms with E-state index in [1.165, 1.54) is 27.8 Å². The number of unbranched alkanes of at least 4 members (excludes halogenated alkanes) is 1. The second kappa shape index (κ2) is 15.9. The van der Waals surface area contributed by atoms with Gasteiger partial charge in [0.05, 0.1) is 0 Å². The Balaban J connectivity index is -0.000000254. The SMILES string of the molecule is C=CCC[CH2-].Cc1c(C)c(C)[c-](C)c1C.[CH2]/C=C/CC.[Ir]. The second-order valence-electron chi connectivity index (χ2n) is 4.94. The van der Waals surface area contributed by atoms with Crippen molar-refractivity contribution in [3.63, 3.8) is 0 Å². The van der Waals surface area contributed by atoms with E-state index in [-0.39, 0.29) is 20.1 Å². The van der Waals surface area contributed by atoms with Crippen molar-refractivity contribution in [2.75, 3.05) is 0 Å². The van der Waals surface area contributed by atoms with E-state index in [0.29, 0.717) is 0 Å². The van der Waals surface area contributed by atoms with Crippen LogP contribution >= 0.6 is 0 Å². The van der Waals surface area contributed by atoms with Gasteiger partial charge in [-0.25, -0.2) is 0 Å². The molecule has 0 spiro atoms. The van der Waals surface area contributed by atoms with Gasteiger partial charge in [0.25, 0.3) is 0 Å². The van der Waals surface area contributed by atoms with Crippen LogP contribution in [0.4, 0.5) is 0 Å². The van der Waals surface area contributed by atoms with Crippen molar-refractivity contribution in [3.05, 3.63) is 66.5 Å². The predicted molar refractivity (Wildman–Crippen MR) is 95.3 cm³/mol. The second-order valence-corrected chi connectivity index (χ2v) is 4.94. The Hall–Kier alpha value is -0.521. The van der Waals surface area contributed by atoms with E-state index in [1.54, 1.807) is 6.08 Å². The van der Waals surface area contributed by atoms with E-state index in [9.17, 15) is 0 Å². The van der Waals surface area contributed by atoms with E-state index < -0.39 is 0 Å². The predicted octanol–water partition coefficient (Wildman–Crippen LogP) is 6.52.